The first-order chi connectivity index (χ1) is 15.2. The van der Waals surface area contributed by atoms with E-state index in [4.69, 9.17) is 10.5 Å². The van der Waals surface area contributed by atoms with Crippen LogP contribution in [0.25, 0.3) is 0 Å². The molecule has 0 aromatic heterocycles. The van der Waals surface area contributed by atoms with Gasteiger partial charge in [-0.25, -0.2) is 0 Å². The Morgan fingerprint density at radius 1 is 0.419 bits per heavy atom. The topological polar surface area (TPSA) is 99.6 Å². The van der Waals surface area contributed by atoms with Crippen molar-refractivity contribution in [1.29, 1.82) is 10.5 Å². The molecule has 5 heteroatoms. The normalized spacial score (nSPS) is 10.0. The molecule has 0 unspecified atom stereocenters. The molecule has 154 valence electrons. The van der Waals surface area contributed by atoms with E-state index in [0.717, 1.165) is 0 Å². The molecular formula is C26H25N4P. The molecule has 0 fully saturated rings. The number of benzene rings is 4. The van der Waals surface area contributed by atoms with E-state index < -0.39 is 7.26 Å². The van der Waals surface area contributed by atoms with Crippen molar-refractivity contribution in [2.24, 2.45) is 11.5 Å². The molecule has 0 aliphatic heterocycles. The van der Waals surface area contributed by atoms with Crippen molar-refractivity contribution in [3.8, 4) is 12.4 Å². The standard InChI is InChI=1S/C24H21P.2CH2N2/c1-5-13-21(14-6-1)25(22-15-7-2-8-16-22,23-17-9-3-10-18-23)24-19-11-4-12-20-24;2*2-1-3/h1-20,25H;2*2H2. The van der Waals surface area contributed by atoms with Gasteiger partial charge in [0.15, 0.2) is 12.4 Å². The van der Waals surface area contributed by atoms with Crippen LogP contribution < -0.4 is 32.7 Å². The third kappa shape index (κ3) is 5.49. The van der Waals surface area contributed by atoms with Crippen LogP contribution >= 0.6 is 7.26 Å². The van der Waals surface area contributed by atoms with Gasteiger partial charge in [-0.3, -0.25) is 0 Å². The summed E-state index contributed by atoms with van der Waals surface area (Å²) in [4.78, 5) is 0. The van der Waals surface area contributed by atoms with E-state index in [0.29, 0.717) is 0 Å². The molecule has 0 radical (unpaired) electrons. The fourth-order valence-electron chi connectivity index (χ4n) is 3.75. The Balaban J connectivity index is 0.000000513. The molecule has 0 atom stereocenters. The molecule has 0 amide bonds. The predicted octanol–water partition coefficient (Wildman–Crippen LogP) is 2.89. The second-order valence-corrected chi connectivity index (χ2v) is 10.3. The predicted molar refractivity (Wildman–Crippen MR) is 132 cm³/mol. The Kier molecular flexibility index (Phi) is 9.31. The van der Waals surface area contributed by atoms with Gasteiger partial charge in [-0.2, -0.15) is 10.5 Å². The zero-order chi connectivity index (χ0) is 22.4. The van der Waals surface area contributed by atoms with Gasteiger partial charge in [0.25, 0.3) is 0 Å². The van der Waals surface area contributed by atoms with E-state index >= 15 is 0 Å². The van der Waals surface area contributed by atoms with Crippen molar-refractivity contribution in [2.45, 2.75) is 0 Å². The van der Waals surface area contributed by atoms with Gasteiger partial charge in [-0.1, -0.05) is 0 Å². The van der Waals surface area contributed by atoms with Gasteiger partial charge < -0.3 is 11.5 Å². The van der Waals surface area contributed by atoms with Crippen molar-refractivity contribution in [3.05, 3.63) is 121 Å². The molecule has 0 heterocycles. The van der Waals surface area contributed by atoms with Gasteiger partial charge >= 0.3 is 150 Å². The van der Waals surface area contributed by atoms with E-state index in [1.165, 1.54) is 33.6 Å². The first kappa shape index (κ1) is 23.2. The number of nitrogens with zero attached hydrogens (tertiary/aromatic N) is 2. The quantitative estimate of drug-likeness (QED) is 0.299. The summed E-state index contributed by atoms with van der Waals surface area (Å²) in [6, 6.07) is 44.0. The van der Waals surface area contributed by atoms with Crippen molar-refractivity contribution in [3.63, 3.8) is 0 Å². The van der Waals surface area contributed by atoms with Crippen LogP contribution in [0.4, 0.5) is 0 Å². The summed E-state index contributed by atoms with van der Waals surface area (Å²) in [5.74, 6) is 0. The first-order valence-electron chi connectivity index (χ1n) is 9.67. The summed E-state index contributed by atoms with van der Waals surface area (Å²) in [6.07, 6.45) is 2.50. The fraction of sp³-hybridized carbons (Fsp3) is 0. The molecule has 4 nitrogen and oxygen atoms in total. The molecule has 0 saturated carbocycles. The Bertz CT molecular complexity index is 929. The molecule has 0 aliphatic carbocycles. The van der Waals surface area contributed by atoms with E-state index in [9.17, 15) is 0 Å². The van der Waals surface area contributed by atoms with E-state index in [2.05, 4.69) is 133 Å². The third-order valence-electron chi connectivity index (χ3n) is 4.83. The molecule has 0 saturated heterocycles. The summed E-state index contributed by atoms with van der Waals surface area (Å²) >= 11 is 0. The second kappa shape index (κ2) is 12.5. The molecular weight excluding hydrogens is 399 g/mol. The average molecular weight is 424 g/mol. The molecule has 31 heavy (non-hydrogen) atoms. The number of nitriles is 2. The second-order valence-electron chi connectivity index (χ2n) is 6.47. The van der Waals surface area contributed by atoms with Crippen molar-refractivity contribution < 1.29 is 0 Å². The molecule has 4 aromatic rings. The number of hydrogen-bond donors (Lipinski definition) is 2. The Labute approximate surface area is 184 Å². The SMILES string of the molecule is N#CN.N#CN.c1ccc([PH](c2ccccc2)(c2ccccc2)c2ccccc2)cc1. The van der Waals surface area contributed by atoms with Crippen LogP contribution in [-0.2, 0) is 0 Å². The van der Waals surface area contributed by atoms with Gasteiger partial charge in [-0.05, 0) is 0 Å². The summed E-state index contributed by atoms with van der Waals surface area (Å²) in [6.45, 7) is 0. The third-order valence-corrected chi connectivity index (χ3v) is 9.62. The van der Waals surface area contributed by atoms with Gasteiger partial charge in [0.1, 0.15) is 0 Å². The summed E-state index contributed by atoms with van der Waals surface area (Å²) in [5.41, 5.74) is 8.31. The van der Waals surface area contributed by atoms with Gasteiger partial charge in [-0.15, -0.1) is 0 Å². The molecule has 4 N–H and O–H groups in total. The first-order valence-corrected chi connectivity index (χ1v) is 11.7. The molecule has 4 rings (SSSR count). The molecule has 0 spiro atoms. The summed E-state index contributed by atoms with van der Waals surface area (Å²) < 4.78 is 0. The Morgan fingerprint density at radius 2 is 0.581 bits per heavy atom. The van der Waals surface area contributed by atoms with Crippen molar-refractivity contribution in [1.82, 2.24) is 0 Å². The maximum absolute atomic E-state index is 7.10. The van der Waals surface area contributed by atoms with E-state index in [1.807, 2.05) is 0 Å². The van der Waals surface area contributed by atoms with Crippen LogP contribution in [-0.4, -0.2) is 0 Å². The zero-order valence-electron chi connectivity index (χ0n) is 17.1. The van der Waals surface area contributed by atoms with Crippen LogP contribution in [0.15, 0.2) is 121 Å². The van der Waals surface area contributed by atoms with Crippen LogP contribution in [0.3, 0.4) is 0 Å². The number of hydrogen-bond acceptors (Lipinski definition) is 4. The molecule has 0 aliphatic rings. The van der Waals surface area contributed by atoms with E-state index in [-0.39, 0.29) is 0 Å². The van der Waals surface area contributed by atoms with Crippen molar-refractivity contribution in [2.75, 3.05) is 0 Å². The van der Waals surface area contributed by atoms with E-state index in [1.54, 1.807) is 0 Å². The minimum atomic E-state index is -2.30. The van der Waals surface area contributed by atoms with Crippen LogP contribution in [0, 0.1) is 22.9 Å². The number of rotatable bonds is 4. The monoisotopic (exact) mass is 424 g/mol. The fourth-order valence-corrected chi connectivity index (χ4v) is 8.52. The average Bonchev–Trinajstić information content (AvgIpc) is 2.84. The molecule has 4 aromatic carbocycles. The zero-order valence-corrected chi connectivity index (χ0v) is 18.1. The van der Waals surface area contributed by atoms with Gasteiger partial charge in [0.2, 0.25) is 0 Å². The van der Waals surface area contributed by atoms with Gasteiger partial charge in [0.05, 0.1) is 0 Å². The summed E-state index contributed by atoms with van der Waals surface area (Å²) in [5, 5.41) is 19.9. The summed E-state index contributed by atoms with van der Waals surface area (Å²) in [7, 11) is -2.30. The van der Waals surface area contributed by atoms with Crippen LogP contribution in [0.5, 0.6) is 0 Å². The van der Waals surface area contributed by atoms with Crippen molar-refractivity contribution >= 4 is 28.5 Å². The Morgan fingerprint density at radius 3 is 0.742 bits per heavy atom. The Hall–Kier alpha value is -4.11. The molecule has 0 bridgehead atoms. The van der Waals surface area contributed by atoms with Crippen LogP contribution in [0.1, 0.15) is 0 Å². The minimum absolute atomic E-state index is 1.25. The number of nitrogens with two attached hydrogens (primary N) is 2. The maximum atomic E-state index is 7.10. The van der Waals surface area contributed by atoms with Gasteiger partial charge in [0, 0.05) is 0 Å². The van der Waals surface area contributed by atoms with Crippen LogP contribution in [0.2, 0.25) is 0 Å².